The van der Waals surface area contributed by atoms with E-state index in [2.05, 4.69) is 15.5 Å². The van der Waals surface area contributed by atoms with Crippen molar-refractivity contribution in [3.8, 4) is 0 Å². The Labute approximate surface area is 143 Å². The molecular weight excluding hydrogens is 312 g/mol. The molecule has 8 heteroatoms. The van der Waals surface area contributed by atoms with Crippen molar-refractivity contribution in [2.24, 2.45) is 0 Å². The minimum Gasteiger partial charge on any atom is -0.450 e. The summed E-state index contributed by atoms with van der Waals surface area (Å²) >= 11 is 0. The Bertz CT molecular complexity index is 394. The average Bonchev–Trinajstić information content (AvgIpc) is 2.61. The molecule has 24 heavy (non-hydrogen) atoms. The van der Waals surface area contributed by atoms with E-state index >= 15 is 0 Å². The van der Waals surface area contributed by atoms with Gasteiger partial charge in [-0.3, -0.25) is 9.69 Å². The van der Waals surface area contributed by atoms with Crippen molar-refractivity contribution in [1.82, 2.24) is 20.4 Å². The number of piperidine rings is 1. The van der Waals surface area contributed by atoms with E-state index in [9.17, 15) is 9.59 Å². The Kier molecular flexibility index (Phi) is 8.27. The molecule has 0 bridgehead atoms. The van der Waals surface area contributed by atoms with Gasteiger partial charge < -0.3 is 25.0 Å². The molecule has 0 radical (unpaired) electrons. The smallest absolute Gasteiger partial charge is 0.409 e. The van der Waals surface area contributed by atoms with Crippen LogP contribution in [0.3, 0.4) is 0 Å². The number of carbonyl (C=O) groups is 2. The zero-order valence-corrected chi connectivity index (χ0v) is 14.6. The molecule has 8 nitrogen and oxygen atoms in total. The second-order valence-electron chi connectivity index (χ2n) is 6.15. The third-order valence-corrected chi connectivity index (χ3v) is 4.43. The maximum atomic E-state index is 11.9. The largest absolute Gasteiger partial charge is 0.450 e. The number of ether oxygens (including phenoxy) is 2. The topological polar surface area (TPSA) is 83.1 Å². The Hall–Kier alpha value is -1.38. The first-order chi connectivity index (χ1) is 11.7. The summed E-state index contributed by atoms with van der Waals surface area (Å²) < 4.78 is 10.3. The van der Waals surface area contributed by atoms with E-state index < -0.39 is 0 Å². The van der Waals surface area contributed by atoms with E-state index in [1.807, 2.05) is 6.92 Å². The predicted octanol–water partition coefficient (Wildman–Crippen LogP) is -0.355. The Morgan fingerprint density at radius 2 is 1.88 bits per heavy atom. The lowest BCUT2D eigenvalue weighted by molar-refractivity contribution is -0.120. The minimum absolute atomic E-state index is 0.0241. The molecule has 0 spiro atoms. The summed E-state index contributed by atoms with van der Waals surface area (Å²) in [4.78, 5) is 27.5. The lowest BCUT2D eigenvalue weighted by Crippen LogP contribution is -2.48. The van der Waals surface area contributed by atoms with Gasteiger partial charge in [-0.15, -0.1) is 0 Å². The number of nitrogens with one attached hydrogen (secondary N) is 2. The van der Waals surface area contributed by atoms with E-state index in [-0.39, 0.29) is 18.0 Å². The summed E-state index contributed by atoms with van der Waals surface area (Å²) in [6.45, 7) is 8.86. The van der Waals surface area contributed by atoms with Gasteiger partial charge in [0.25, 0.3) is 0 Å². The van der Waals surface area contributed by atoms with Crippen LogP contribution in [0.25, 0.3) is 0 Å². The van der Waals surface area contributed by atoms with Crippen LogP contribution in [-0.2, 0) is 14.3 Å². The Morgan fingerprint density at radius 3 is 2.54 bits per heavy atom. The first-order valence-corrected chi connectivity index (χ1v) is 8.91. The van der Waals surface area contributed by atoms with E-state index in [1.165, 1.54) is 0 Å². The first-order valence-electron chi connectivity index (χ1n) is 8.91. The summed E-state index contributed by atoms with van der Waals surface area (Å²) in [5.41, 5.74) is 0. The number of morpholine rings is 1. The second kappa shape index (κ2) is 10.5. The van der Waals surface area contributed by atoms with Crippen LogP contribution in [0.15, 0.2) is 0 Å². The summed E-state index contributed by atoms with van der Waals surface area (Å²) in [6, 6.07) is 0.278. The molecule has 0 unspecified atom stereocenters. The molecule has 138 valence electrons. The molecule has 0 aromatic rings. The summed E-state index contributed by atoms with van der Waals surface area (Å²) in [6.07, 6.45) is 1.46. The van der Waals surface area contributed by atoms with Crippen LogP contribution < -0.4 is 10.6 Å². The fourth-order valence-electron chi connectivity index (χ4n) is 2.96. The van der Waals surface area contributed by atoms with Crippen molar-refractivity contribution >= 4 is 12.0 Å². The molecule has 2 N–H and O–H groups in total. The molecule has 0 atom stereocenters. The molecule has 2 aliphatic heterocycles. The lowest BCUT2D eigenvalue weighted by Gasteiger charge is -2.31. The lowest BCUT2D eigenvalue weighted by atomic mass is 10.1. The molecule has 2 aliphatic rings. The minimum atomic E-state index is -0.239. The number of hydrogen-bond donors (Lipinski definition) is 2. The second-order valence-corrected chi connectivity index (χ2v) is 6.15. The average molecular weight is 342 g/mol. The van der Waals surface area contributed by atoms with Crippen LogP contribution >= 0.6 is 0 Å². The van der Waals surface area contributed by atoms with Crippen molar-refractivity contribution in [3.63, 3.8) is 0 Å². The van der Waals surface area contributed by atoms with Crippen molar-refractivity contribution < 1.29 is 19.1 Å². The van der Waals surface area contributed by atoms with Gasteiger partial charge >= 0.3 is 6.09 Å². The summed E-state index contributed by atoms with van der Waals surface area (Å²) in [5, 5.41) is 6.22. The van der Waals surface area contributed by atoms with Gasteiger partial charge in [-0.25, -0.2) is 4.79 Å². The zero-order chi connectivity index (χ0) is 17.2. The molecular formula is C16H30N4O4. The van der Waals surface area contributed by atoms with Crippen LogP contribution in [0.2, 0.25) is 0 Å². The summed E-state index contributed by atoms with van der Waals surface area (Å²) in [5.74, 6) is 0.0241. The highest BCUT2D eigenvalue weighted by Gasteiger charge is 2.23. The maximum Gasteiger partial charge on any atom is 0.409 e. The molecule has 0 saturated carbocycles. The van der Waals surface area contributed by atoms with Crippen molar-refractivity contribution in [3.05, 3.63) is 0 Å². The highest BCUT2D eigenvalue weighted by atomic mass is 16.6. The number of hydrogen-bond acceptors (Lipinski definition) is 6. The molecule has 2 amide bonds. The van der Waals surface area contributed by atoms with Crippen LogP contribution in [0, 0.1) is 0 Å². The van der Waals surface area contributed by atoms with Crippen LogP contribution in [0.1, 0.15) is 19.8 Å². The summed E-state index contributed by atoms with van der Waals surface area (Å²) in [7, 11) is 0. The number of likely N-dealkylation sites (tertiary alicyclic amines) is 1. The quantitative estimate of drug-likeness (QED) is 0.658. The van der Waals surface area contributed by atoms with Crippen LogP contribution in [-0.4, -0.2) is 93.5 Å². The third kappa shape index (κ3) is 6.62. The molecule has 2 heterocycles. The normalized spacial score (nSPS) is 20.0. The van der Waals surface area contributed by atoms with Crippen molar-refractivity contribution in [2.75, 3.05) is 65.6 Å². The standard InChI is InChI=1S/C16H30N4O4/c1-2-24-16(22)20-6-3-14(4-7-20)18-13-15(21)17-5-8-19-9-11-23-12-10-19/h14,18H,2-13H2,1H3,(H,17,21). The van der Waals surface area contributed by atoms with Gasteiger partial charge in [-0.1, -0.05) is 0 Å². The van der Waals surface area contributed by atoms with Gasteiger partial charge in [0.1, 0.15) is 0 Å². The SMILES string of the molecule is CCOC(=O)N1CCC(NCC(=O)NCCN2CCOCC2)CC1. The van der Waals surface area contributed by atoms with Crippen molar-refractivity contribution in [1.29, 1.82) is 0 Å². The Morgan fingerprint density at radius 1 is 1.17 bits per heavy atom. The molecule has 2 fully saturated rings. The molecule has 0 aromatic carbocycles. The van der Waals surface area contributed by atoms with Crippen LogP contribution in [0.5, 0.6) is 0 Å². The fraction of sp³-hybridized carbons (Fsp3) is 0.875. The van der Waals surface area contributed by atoms with Gasteiger partial charge in [0.2, 0.25) is 5.91 Å². The Balaban J connectivity index is 1.52. The molecule has 0 aliphatic carbocycles. The van der Waals surface area contributed by atoms with E-state index in [0.717, 1.165) is 45.7 Å². The predicted molar refractivity (Wildman–Crippen MR) is 89.9 cm³/mol. The number of nitrogens with zero attached hydrogens (tertiary/aromatic N) is 2. The maximum absolute atomic E-state index is 11.9. The van der Waals surface area contributed by atoms with E-state index in [4.69, 9.17) is 9.47 Å². The zero-order valence-electron chi connectivity index (χ0n) is 14.6. The van der Waals surface area contributed by atoms with Gasteiger partial charge in [0.15, 0.2) is 0 Å². The highest BCUT2D eigenvalue weighted by Crippen LogP contribution is 2.11. The van der Waals surface area contributed by atoms with Gasteiger partial charge in [0.05, 0.1) is 26.4 Å². The first kappa shape index (κ1) is 19.0. The fourth-order valence-corrected chi connectivity index (χ4v) is 2.96. The monoisotopic (exact) mass is 342 g/mol. The van der Waals surface area contributed by atoms with Crippen molar-refractivity contribution in [2.45, 2.75) is 25.8 Å². The van der Waals surface area contributed by atoms with Gasteiger partial charge in [-0.05, 0) is 19.8 Å². The van der Waals surface area contributed by atoms with E-state index in [1.54, 1.807) is 4.90 Å². The highest BCUT2D eigenvalue weighted by molar-refractivity contribution is 5.78. The number of rotatable bonds is 7. The number of carbonyl (C=O) groups excluding carboxylic acids is 2. The third-order valence-electron chi connectivity index (χ3n) is 4.43. The van der Waals surface area contributed by atoms with Gasteiger partial charge in [-0.2, -0.15) is 0 Å². The van der Waals surface area contributed by atoms with Gasteiger partial charge in [0, 0.05) is 45.3 Å². The van der Waals surface area contributed by atoms with Crippen LogP contribution in [0.4, 0.5) is 4.79 Å². The molecule has 0 aromatic heterocycles. The molecule has 2 rings (SSSR count). The number of amides is 2. The molecule has 2 saturated heterocycles. The van der Waals surface area contributed by atoms with E-state index in [0.29, 0.717) is 32.8 Å².